The highest BCUT2D eigenvalue weighted by molar-refractivity contribution is 7.99. The van der Waals surface area contributed by atoms with E-state index in [2.05, 4.69) is 11.0 Å². The molecule has 0 spiro atoms. The molecule has 0 unspecified atom stereocenters. The predicted octanol–water partition coefficient (Wildman–Crippen LogP) is 0.962. The second-order valence-corrected chi connectivity index (χ2v) is 4.41. The maximum Gasteiger partial charge on any atom is 0.132 e. The molecular formula is C9H15N3S. The third kappa shape index (κ3) is 3.19. The van der Waals surface area contributed by atoms with Gasteiger partial charge in [-0.25, -0.2) is 0 Å². The van der Waals surface area contributed by atoms with Crippen LogP contribution in [0.25, 0.3) is 0 Å². The predicted molar refractivity (Wildman–Crippen MR) is 56.3 cm³/mol. The smallest absolute Gasteiger partial charge is 0.132 e. The normalized spacial score (nSPS) is 18.2. The highest BCUT2D eigenvalue weighted by Gasteiger charge is 2.12. The number of hydrogen-bond donors (Lipinski definition) is 0. The van der Waals surface area contributed by atoms with E-state index in [4.69, 9.17) is 5.26 Å². The molecule has 0 N–H and O–H groups in total. The second-order valence-electron chi connectivity index (χ2n) is 3.19. The van der Waals surface area contributed by atoms with Gasteiger partial charge in [-0.1, -0.05) is 0 Å². The van der Waals surface area contributed by atoms with E-state index in [0.717, 1.165) is 30.3 Å². The van der Waals surface area contributed by atoms with E-state index in [9.17, 15) is 0 Å². The summed E-state index contributed by atoms with van der Waals surface area (Å²) in [4.78, 5) is 4.07. The van der Waals surface area contributed by atoms with Gasteiger partial charge in [-0.2, -0.15) is 17.0 Å². The van der Waals surface area contributed by atoms with E-state index in [0.29, 0.717) is 0 Å². The third-order valence-corrected chi connectivity index (χ3v) is 2.79. The van der Waals surface area contributed by atoms with E-state index in [1.54, 1.807) is 0 Å². The van der Waals surface area contributed by atoms with Gasteiger partial charge in [0.2, 0.25) is 0 Å². The van der Waals surface area contributed by atoms with Crippen molar-refractivity contribution in [2.75, 3.05) is 38.7 Å². The minimum absolute atomic E-state index is 0.783. The van der Waals surface area contributed by atoms with Gasteiger partial charge in [-0.15, -0.1) is 0 Å². The summed E-state index contributed by atoms with van der Waals surface area (Å²) in [6.45, 7) is 2.00. The van der Waals surface area contributed by atoms with Crippen LogP contribution >= 0.6 is 11.8 Å². The molecule has 0 radical (unpaired) electrons. The number of nitrogens with zero attached hydrogens (tertiary/aromatic N) is 3. The Balaban J connectivity index is 2.60. The van der Waals surface area contributed by atoms with Crippen molar-refractivity contribution in [1.82, 2.24) is 9.80 Å². The van der Waals surface area contributed by atoms with E-state index in [1.165, 1.54) is 0 Å². The average Bonchev–Trinajstić information content (AvgIpc) is 2.15. The third-order valence-electron chi connectivity index (χ3n) is 1.85. The first-order valence-electron chi connectivity index (χ1n) is 4.35. The molecule has 1 heterocycles. The molecule has 72 valence electrons. The van der Waals surface area contributed by atoms with Gasteiger partial charge in [0, 0.05) is 44.9 Å². The summed E-state index contributed by atoms with van der Waals surface area (Å²) in [5.41, 5.74) is 0.783. The van der Waals surface area contributed by atoms with Crippen molar-refractivity contribution in [2.24, 2.45) is 0 Å². The van der Waals surface area contributed by atoms with Crippen molar-refractivity contribution >= 4 is 11.8 Å². The lowest BCUT2D eigenvalue weighted by molar-refractivity contribution is 0.383. The van der Waals surface area contributed by atoms with Crippen LogP contribution in [0.4, 0.5) is 0 Å². The van der Waals surface area contributed by atoms with E-state index in [1.807, 2.05) is 37.0 Å². The van der Waals surface area contributed by atoms with E-state index < -0.39 is 0 Å². The molecule has 0 aromatic rings. The largest absolute Gasteiger partial charge is 0.381 e. The number of thioether (sulfide) groups is 1. The average molecular weight is 197 g/mol. The van der Waals surface area contributed by atoms with Crippen LogP contribution in [0.15, 0.2) is 11.9 Å². The summed E-state index contributed by atoms with van der Waals surface area (Å²) in [6, 6.07) is 2.24. The van der Waals surface area contributed by atoms with Crippen LogP contribution < -0.4 is 0 Å². The lowest BCUT2D eigenvalue weighted by atomic mass is 10.4. The van der Waals surface area contributed by atoms with Crippen molar-refractivity contribution in [3.8, 4) is 6.07 Å². The Bertz CT molecular complexity index is 224. The number of nitriles is 1. The van der Waals surface area contributed by atoms with Crippen LogP contribution in [-0.2, 0) is 0 Å². The zero-order chi connectivity index (χ0) is 9.68. The Hall–Kier alpha value is -0.820. The lowest BCUT2D eigenvalue weighted by Crippen LogP contribution is -2.32. The van der Waals surface area contributed by atoms with Gasteiger partial charge >= 0.3 is 0 Å². The Morgan fingerprint density at radius 2 is 2.08 bits per heavy atom. The molecule has 0 saturated carbocycles. The SMILES string of the molecule is CN(C)/C=C(\C#N)N1CCSCC1. The zero-order valence-corrected chi connectivity index (χ0v) is 8.97. The van der Waals surface area contributed by atoms with Crippen molar-refractivity contribution in [3.05, 3.63) is 11.9 Å². The van der Waals surface area contributed by atoms with Crippen molar-refractivity contribution in [3.63, 3.8) is 0 Å². The molecule has 0 aromatic heterocycles. The molecule has 0 aliphatic carbocycles. The molecule has 1 fully saturated rings. The maximum absolute atomic E-state index is 8.93. The molecule has 0 bridgehead atoms. The van der Waals surface area contributed by atoms with Gasteiger partial charge < -0.3 is 9.80 Å². The fourth-order valence-electron chi connectivity index (χ4n) is 1.23. The second kappa shape index (κ2) is 5.03. The van der Waals surface area contributed by atoms with Crippen LogP contribution in [0.5, 0.6) is 0 Å². The summed E-state index contributed by atoms with van der Waals surface area (Å²) >= 11 is 1.95. The topological polar surface area (TPSA) is 30.3 Å². The fourth-order valence-corrected chi connectivity index (χ4v) is 2.13. The first-order chi connectivity index (χ1) is 6.24. The molecule has 1 aliphatic heterocycles. The van der Waals surface area contributed by atoms with Gasteiger partial charge in [0.15, 0.2) is 0 Å². The molecule has 4 heteroatoms. The lowest BCUT2D eigenvalue weighted by Gasteiger charge is -2.27. The fraction of sp³-hybridized carbons (Fsp3) is 0.667. The summed E-state index contributed by atoms with van der Waals surface area (Å²) < 4.78 is 0. The van der Waals surface area contributed by atoms with Crippen molar-refractivity contribution in [1.29, 1.82) is 5.26 Å². The maximum atomic E-state index is 8.93. The van der Waals surface area contributed by atoms with Crippen molar-refractivity contribution < 1.29 is 0 Å². The van der Waals surface area contributed by atoms with Gasteiger partial charge in [-0.05, 0) is 0 Å². The van der Waals surface area contributed by atoms with Crippen LogP contribution in [0.3, 0.4) is 0 Å². The molecule has 1 rings (SSSR count). The molecule has 0 atom stereocenters. The Kier molecular flexibility index (Phi) is 3.97. The van der Waals surface area contributed by atoms with Crippen LogP contribution in [-0.4, -0.2) is 48.5 Å². The molecule has 0 amide bonds. The molecule has 3 nitrogen and oxygen atoms in total. The summed E-state index contributed by atoms with van der Waals surface area (Å²) in [5, 5.41) is 8.93. The van der Waals surface area contributed by atoms with Gasteiger partial charge in [-0.3, -0.25) is 0 Å². The monoisotopic (exact) mass is 197 g/mol. The molecule has 0 aromatic carbocycles. The minimum Gasteiger partial charge on any atom is -0.381 e. The van der Waals surface area contributed by atoms with Gasteiger partial charge in [0.25, 0.3) is 0 Å². The Morgan fingerprint density at radius 1 is 1.46 bits per heavy atom. The summed E-state index contributed by atoms with van der Waals surface area (Å²) in [5.74, 6) is 2.26. The summed E-state index contributed by atoms with van der Waals surface area (Å²) in [6.07, 6.45) is 1.88. The minimum atomic E-state index is 0.783. The zero-order valence-electron chi connectivity index (χ0n) is 8.16. The van der Waals surface area contributed by atoms with Crippen molar-refractivity contribution in [2.45, 2.75) is 0 Å². The summed E-state index contributed by atoms with van der Waals surface area (Å²) in [7, 11) is 3.88. The number of rotatable bonds is 2. The highest BCUT2D eigenvalue weighted by atomic mass is 32.2. The van der Waals surface area contributed by atoms with E-state index in [-0.39, 0.29) is 0 Å². The quantitative estimate of drug-likeness (QED) is 0.617. The Morgan fingerprint density at radius 3 is 2.54 bits per heavy atom. The molecule has 1 aliphatic rings. The van der Waals surface area contributed by atoms with Crippen LogP contribution in [0.2, 0.25) is 0 Å². The first kappa shape index (κ1) is 10.3. The van der Waals surface area contributed by atoms with E-state index >= 15 is 0 Å². The van der Waals surface area contributed by atoms with Gasteiger partial charge in [0.05, 0.1) is 0 Å². The first-order valence-corrected chi connectivity index (χ1v) is 5.50. The van der Waals surface area contributed by atoms with Gasteiger partial charge in [0.1, 0.15) is 11.8 Å². The van der Waals surface area contributed by atoms with Crippen LogP contribution in [0, 0.1) is 11.3 Å². The number of hydrogen-bond acceptors (Lipinski definition) is 4. The number of allylic oxidation sites excluding steroid dienone is 1. The highest BCUT2D eigenvalue weighted by Crippen LogP contribution is 2.13. The molecule has 13 heavy (non-hydrogen) atoms. The standard InChI is InChI=1S/C9H15N3S/c1-11(2)8-9(7-10)12-3-5-13-6-4-12/h8H,3-6H2,1-2H3/b9-8+. The molecule has 1 saturated heterocycles. The Labute approximate surface area is 84.0 Å². The molecular weight excluding hydrogens is 182 g/mol. The van der Waals surface area contributed by atoms with Crippen LogP contribution in [0.1, 0.15) is 0 Å².